The summed E-state index contributed by atoms with van der Waals surface area (Å²) >= 11 is 3.61. The molecule has 21 heavy (non-hydrogen) atoms. The molecule has 2 rings (SSSR count). The van der Waals surface area contributed by atoms with Crippen molar-refractivity contribution in [2.24, 2.45) is 5.41 Å². The van der Waals surface area contributed by atoms with Crippen LogP contribution in [0.5, 0.6) is 0 Å². The number of benzene rings is 1. The Balaban J connectivity index is 1.81. The monoisotopic (exact) mass is 352 g/mol. The number of carbonyl (C=O) groups excluding carboxylic acids is 1. The van der Waals surface area contributed by atoms with Crippen molar-refractivity contribution in [1.82, 2.24) is 10.2 Å². The number of carbonyl (C=O) groups is 1. The smallest absolute Gasteiger partial charge is 0.225 e. The van der Waals surface area contributed by atoms with Crippen molar-refractivity contribution in [2.45, 2.75) is 46.2 Å². The lowest BCUT2D eigenvalue weighted by molar-refractivity contribution is -0.129. The Hall–Kier alpha value is -0.870. The number of likely N-dealkylation sites (tertiary alicyclic amines) is 1. The molecular weight excluding hydrogens is 328 g/mol. The highest BCUT2D eigenvalue weighted by molar-refractivity contribution is 9.10. The summed E-state index contributed by atoms with van der Waals surface area (Å²) in [7, 11) is 0. The second kappa shape index (κ2) is 6.93. The van der Waals surface area contributed by atoms with Crippen molar-refractivity contribution >= 4 is 21.8 Å². The van der Waals surface area contributed by atoms with Gasteiger partial charge in [0.1, 0.15) is 0 Å². The minimum absolute atomic E-state index is 0.159. The molecule has 4 heteroatoms. The second-order valence-corrected chi connectivity index (χ2v) is 7.72. The average molecular weight is 353 g/mol. The van der Waals surface area contributed by atoms with Gasteiger partial charge in [0, 0.05) is 35.6 Å². The van der Waals surface area contributed by atoms with Gasteiger partial charge < -0.3 is 5.32 Å². The lowest BCUT2D eigenvalue weighted by Crippen LogP contribution is -2.47. The molecule has 116 valence electrons. The molecule has 1 aromatic carbocycles. The molecule has 1 heterocycles. The highest BCUT2D eigenvalue weighted by atomic mass is 79.9. The fourth-order valence-electron chi connectivity index (χ4n) is 2.50. The summed E-state index contributed by atoms with van der Waals surface area (Å²) in [5.41, 5.74) is 1.03. The number of nitrogens with zero attached hydrogens (tertiary/aromatic N) is 1. The molecule has 1 N–H and O–H groups in total. The van der Waals surface area contributed by atoms with Crippen LogP contribution in [0.2, 0.25) is 0 Å². The van der Waals surface area contributed by atoms with E-state index in [1.165, 1.54) is 10.0 Å². The zero-order valence-corrected chi connectivity index (χ0v) is 14.7. The molecule has 0 radical (unpaired) electrons. The lowest BCUT2D eigenvalue weighted by atomic mass is 9.94. The first kappa shape index (κ1) is 16.5. The maximum Gasteiger partial charge on any atom is 0.225 e. The van der Waals surface area contributed by atoms with E-state index < -0.39 is 0 Å². The summed E-state index contributed by atoms with van der Waals surface area (Å²) in [6, 6.07) is 8.70. The van der Waals surface area contributed by atoms with Gasteiger partial charge in [-0.2, -0.15) is 0 Å². The maximum atomic E-state index is 12.0. The topological polar surface area (TPSA) is 32.3 Å². The molecule has 1 saturated heterocycles. The van der Waals surface area contributed by atoms with Crippen LogP contribution < -0.4 is 5.32 Å². The lowest BCUT2D eigenvalue weighted by Gasteiger charge is -2.33. The molecule has 0 spiro atoms. The Morgan fingerprint density at radius 2 is 1.90 bits per heavy atom. The van der Waals surface area contributed by atoms with Gasteiger partial charge in [0.2, 0.25) is 5.91 Å². The van der Waals surface area contributed by atoms with Crippen LogP contribution in [0.25, 0.3) is 0 Å². The number of rotatable bonds is 3. The molecule has 1 aliphatic rings. The van der Waals surface area contributed by atoms with E-state index in [1.807, 2.05) is 26.8 Å². The number of piperidine rings is 1. The molecule has 3 nitrogen and oxygen atoms in total. The van der Waals surface area contributed by atoms with E-state index in [0.717, 1.165) is 32.5 Å². The standard InChI is InChI=1S/C17H25BrN2O/c1-17(2,3)16(21)19-14-8-10-20(11-9-14)12-13-6-4-5-7-15(13)18/h4-7,14H,8-12H2,1-3H3,(H,19,21). The predicted molar refractivity (Wildman–Crippen MR) is 90.0 cm³/mol. The van der Waals surface area contributed by atoms with E-state index >= 15 is 0 Å². The van der Waals surface area contributed by atoms with Gasteiger partial charge in [-0.1, -0.05) is 54.9 Å². The van der Waals surface area contributed by atoms with Gasteiger partial charge in [0.15, 0.2) is 0 Å². The second-order valence-electron chi connectivity index (χ2n) is 6.87. The van der Waals surface area contributed by atoms with Crippen LogP contribution in [0.3, 0.4) is 0 Å². The van der Waals surface area contributed by atoms with Crippen molar-refractivity contribution in [2.75, 3.05) is 13.1 Å². The molecule has 1 fully saturated rings. The predicted octanol–water partition coefficient (Wildman–Crippen LogP) is 3.58. The first-order valence-corrected chi connectivity index (χ1v) is 8.42. The number of amides is 1. The minimum Gasteiger partial charge on any atom is -0.353 e. The van der Waals surface area contributed by atoms with Crippen LogP contribution in [0.1, 0.15) is 39.2 Å². The summed E-state index contributed by atoms with van der Waals surface area (Å²) in [6.07, 6.45) is 2.07. The van der Waals surface area contributed by atoms with Crippen LogP contribution >= 0.6 is 15.9 Å². The zero-order chi connectivity index (χ0) is 15.5. The Labute approximate surface area is 136 Å². The minimum atomic E-state index is -0.300. The van der Waals surface area contributed by atoms with Crippen molar-refractivity contribution in [1.29, 1.82) is 0 Å². The number of hydrogen-bond donors (Lipinski definition) is 1. The van der Waals surface area contributed by atoms with Crippen molar-refractivity contribution in [3.8, 4) is 0 Å². The van der Waals surface area contributed by atoms with E-state index in [9.17, 15) is 4.79 Å². The summed E-state index contributed by atoms with van der Waals surface area (Å²) < 4.78 is 1.17. The third kappa shape index (κ3) is 4.82. The van der Waals surface area contributed by atoms with Crippen LogP contribution in [0.4, 0.5) is 0 Å². The van der Waals surface area contributed by atoms with Gasteiger partial charge in [0.25, 0.3) is 0 Å². The van der Waals surface area contributed by atoms with E-state index in [2.05, 4.69) is 44.3 Å². The van der Waals surface area contributed by atoms with E-state index in [0.29, 0.717) is 6.04 Å². The summed E-state index contributed by atoms with van der Waals surface area (Å²) in [4.78, 5) is 14.5. The van der Waals surface area contributed by atoms with Gasteiger partial charge in [-0.05, 0) is 24.5 Å². The maximum absolute atomic E-state index is 12.0. The van der Waals surface area contributed by atoms with Crippen LogP contribution in [-0.4, -0.2) is 29.9 Å². The molecule has 0 bridgehead atoms. The molecular formula is C17H25BrN2O. The van der Waals surface area contributed by atoms with Crippen LogP contribution in [0, 0.1) is 5.41 Å². The Kier molecular flexibility index (Phi) is 5.44. The molecule has 0 atom stereocenters. The third-order valence-electron chi connectivity index (χ3n) is 3.96. The van der Waals surface area contributed by atoms with E-state index in [-0.39, 0.29) is 11.3 Å². The largest absolute Gasteiger partial charge is 0.353 e. The van der Waals surface area contributed by atoms with E-state index in [1.54, 1.807) is 0 Å². The van der Waals surface area contributed by atoms with E-state index in [4.69, 9.17) is 0 Å². The van der Waals surface area contributed by atoms with Gasteiger partial charge in [-0.3, -0.25) is 9.69 Å². The van der Waals surface area contributed by atoms with Crippen LogP contribution in [0.15, 0.2) is 28.7 Å². The molecule has 0 unspecified atom stereocenters. The normalized spacial score (nSPS) is 17.7. The van der Waals surface area contributed by atoms with Gasteiger partial charge >= 0.3 is 0 Å². The first-order valence-electron chi connectivity index (χ1n) is 7.63. The quantitative estimate of drug-likeness (QED) is 0.901. The summed E-state index contributed by atoms with van der Waals surface area (Å²) in [5.74, 6) is 0.159. The summed E-state index contributed by atoms with van der Waals surface area (Å²) in [5, 5.41) is 3.18. The molecule has 1 aromatic rings. The summed E-state index contributed by atoms with van der Waals surface area (Å²) in [6.45, 7) is 8.94. The fraction of sp³-hybridized carbons (Fsp3) is 0.588. The Morgan fingerprint density at radius 3 is 2.48 bits per heavy atom. The Morgan fingerprint density at radius 1 is 1.29 bits per heavy atom. The number of halogens is 1. The number of nitrogens with one attached hydrogen (secondary N) is 1. The SMILES string of the molecule is CC(C)(C)C(=O)NC1CCN(Cc2ccccc2Br)CC1. The van der Waals surface area contributed by atoms with Gasteiger partial charge in [-0.25, -0.2) is 0 Å². The molecule has 0 aromatic heterocycles. The van der Waals surface area contributed by atoms with Gasteiger partial charge in [0.05, 0.1) is 0 Å². The highest BCUT2D eigenvalue weighted by Crippen LogP contribution is 2.21. The zero-order valence-electron chi connectivity index (χ0n) is 13.2. The average Bonchev–Trinajstić information content (AvgIpc) is 2.42. The Bertz CT molecular complexity index is 488. The first-order chi connectivity index (χ1) is 9.86. The molecule has 0 aliphatic carbocycles. The number of hydrogen-bond acceptors (Lipinski definition) is 2. The molecule has 1 amide bonds. The van der Waals surface area contributed by atoms with Gasteiger partial charge in [-0.15, -0.1) is 0 Å². The van der Waals surface area contributed by atoms with Crippen molar-refractivity contribution < 1.29 is 4.79 Å². The molecule has 0 saturated carbocycles. The highest BCUT2D eigenvalue weighted by Gasteiger charge is 2.26. The van der Waals surface area contributed by atoms with Crippen molar-refractivity contribution in [3.63, 3.8) is 0 Å². The third-order valence-corrected chi connectivity index (χ3v) is 4.73. The van der Waals surface area contributed by atoms with Crippen LogP contribution in [-0.2, 0) is 11.3 Å². The molecule has 1 aliphatic heterocycles. The fourth-order valence-corrected chi connectivity index (χ4v) is 2.92. The van der Waals surface area contributed by atoms with Crippen molar-refractivity contribution in [3.05, 3.63) is 34.3 Å².